The van der Waals surface area contributed by atoms with Crippen molar-refractivity contribution < 1.29 is 9.53 Å². The van der Waals surface area contributed by atoms with Crippen molar-refractivity contribution in [2.75, 3.05) is 19.7 Å². The first kappa shape index (κ1) is 15.6. The zero-order valence-electron chi connectivity index (χ0n) is 13.7. The van der Waals surface area contributed by atoms with Crippen LogP contribution in [0.5, 0.6) is 5.75 Å². The van der Waals surface area contributed by atoms with E-state index in [-0.39, 0.29) is 5.91 Å². The van der Waals surface area contributed by atoms with E-state index < -0.39 is 0 Å². The van der Waals surface area contributed by atoms with Crippen molar-refractivity contribution >= 4 is 5.91 Å². The molecular formula is C18H23N3O2. The first-order chi connectivity index (χ1) is 11.1. The summed E-state index contributed by atoms with van der Waals surface area (Å²) in [4.78, 5) is 14.4. The Labute approximate surface area is 136 Å². The number of ether oxygens (including phenoxy) is 1. The summed E-state index contributed by atoms with van der Waals surface area (Å²) in [6, 6.07) is 9.85. The van der Waals surface area contributed by atoms with Crippen LogP contribution in [-0.2, 0) is 7.05 Å². The molecule has 1 aliphatic rings. The van der Waals surface area contributed by atoms with E-state index in [1.54, 1.807) is 16.9 Å². The highest BCUT2D eigenvalue weighted by Gasteiger charge is 2.26. The largest absolute Gasteiger partial charge is 0.493 e. The van der Waals surface area contributed by atoms with Crippen molar-refractivity contribution in [3.8, 4) is 5.75 Å². The topological polar surface area (TPSA) is 47.4 Å². The van der Waals surface area contributed by atoms with Crippen LogP contribution < -0.4 is 4.74 Å². The van der Waals surface area contributed by atoms with Gasteiger partial charge in [0.25, 0.3) is 5.91 Å². The smallest absolute Gasteiger partial charge is 0.274 e. The predicted octanol–water partition coefficient (Wildman–Crippen LogP) is 2.66. The average molecular weight is 313 g/mol. The molecule has 122 valence electrons. The lowest BCUT2D eigenvalue weighted by Crippen LogP contribution is -2.41. The molecule has 23 heavy (non-hydrogen) atoms. The van der Waals surface area contributed by atoms with Gasteiger partial charge < -0.3 is 9.64 Å². The summed E-state index contributed by atoms with van der Waals surface area (Å²) in [6.07, 6.45) is 3.91. The fourth-order valence-electron chi connectivity index (χ4n) is 3.00. The van der Waals surface area contributed by atoms with Crippen LogP contribution in [0.25, 0.3) is 0 Å². The van der Waals surface area contributed by atoms with Gasteiger partial charge in [0, 0.05) is 32.3 Å². The highest BCUT2D eigenvalue weighted by Crippen LogP contribution is 2.20. The Hall–Kier alpha value is -2.30. The molecule has 1 aromatic carbocycles. The molecule has 2 heterocycles. The Balaban J connectivity index is 1.56. The molecule has 1 aliphatic heterocycles. The summed E-state index contributed by atoms with van der Waals surface area (Å²) < 4.78 is 7.57. The second-order valence-electron chi connectivity index (χ2n) is 6.26. The van der Waals surface area contributed by atoms with E-state index in [4.69, 9.17) is 4.74 Å². The van der Waals surface area contributed by atoms with Crippen LogP contribution in [0.15, 0.2) is 36.5 Å². The molecule has 1 saturated heterocycles. The second-order valence-corrected chi connectivity index (χ2v) is 6.26. The average Bonchev–Trinajstić information content (AvgIpc) is 2.99. The monoisotopic (exact) mass is 313 g/mol. The van der Waals surface area contributed by atoms with Gasteiger partial charge in [-0.1, -0.05) is 12.1 Å². The van der Waals surface area contributed by atoms with E-state index in [0.717, 1.165) is 31.7 Å². The fourth-order valence-corrected chi connectivity index (χ4v) is 3.00. The summed E-state index contributed by atoms with van der Waals surface area (Å²) in [5.41, 5.74) is 1.71. The number of hydrogen-bond donors (Lipinski definition) is 0. The van der Waals surface area contributed by atoms with Crippen LogP contribution in [-0.4, -0.2) is 40.3 Å². The van der Waals surface area contributed by atoms with Gasteiger partial charge in [-0.3, -0.25) is 9.48 Å². The van der Waals surface area contributed by atoms with E-state index >= 15 is 0 Å². The normalized spacial score (nSPS) is 18.0. The Bertz CT molecular complexity index is 680. The summed E-state index contributed by atoms with van der Waals surface area (Å²) in [7, 11) is 1.82. The first-order valence-electron chi connectivity index (χ1n) is 8.10. The summed E-state index contributed by atoms with van der Waals surface area (Å²) in [6.45, 7) is 4.24. The molecule has 0 bridgehead atoms. The van der Waals surface area contributed by atoms with Gasteiger partial charge >= 0.3 is 0 Å². The Morgan fingerprint density at radius 1 is 1.39 bits per heavy atom. The zero-order chi connectivity index (χ0) is 16.2. The van der Waals surface area contributed by atoms with Crippen molar-refractivity contribution in [3.05, 3.63) is 47.8 Å². The van der Waals surface area contributed by atoms with Crippen LogP contribution in [0.1, 0.15) is 28.9 Å². The van der Waals surface area contributed by atoms with Crippen LogP contribution in [0.3, 0.4) is 0 Å². The van der Waals surface area contributed by atoms with Crippen molar-refractivity contribution in [1.29, 1.82) is 0 Å². The molecule has 2 aromatic rings. The van der Waals surface area contributed by atoms with Gasteiger partial charge in [0.1, 0.15) is 11.4 Å². The minimum atomic E-state index is 0.0193. The summed E-state index contributed by atoms with van der Waals surface area (Å²) in [5, 5.41) is 4.21. The number of carbonyl (C=O) groups is 1. The van der Waals surface area contributed by atoms with E-state index in [2.05, 4.69) is 18.1 Å². The van der Waals surface area contributed by atoms with Crippen LogP contribution >= 0.6 is 0 Å². The first-order valence-corrected chi connectivity index (χ1v) is 8.10. The van der Waals surface area contributed by atoms with Crippen molar-refractivity contribution in [1.82, 2.24) is 14.7 Å². The van der Waals surface area contributed by atoms with Gasteiger partial charge in [-0.15, -0.1) is 0 Å². The molecule has 5 heteroatoms. The molecule has 1 fully saturated rings. The number of carbonyl (C=O) groups excluding carboxylic acids is 1. The van der Waals surface area contributed by atoms with Crippen molar-refractivity contribution in [3.63, 3.8) is 0 Å². The number of aromatic nitrogens is 2. The van der Waals surface area contributed by atoms with E-state index in [0.29, 0.717) is 18.2 Å². The molecule has 0 saturated carbocycles. The number of aryl methyl sites for hydroxylation is 2. The van der Waals surface area contributed by atoms with Gasteiger partial charge in [-0.05, 0) is 43.5 Å². The number of piperidine rings is 1. The van der Waals surface area contributed by atoms with Crippen molar-refractivity contribution in [2.24, 2.45) is 13.0 Å². The third-order valence-electron chi connectivity index (χ3n) is 4.21. The van der Waals surface area contributed by atoms with Crippen LogP contribution in [0.4, 0.5) is 0 Å². The summed E-state index contributed by atoms with van der Waals surface area (Å²) in [5.74, 6) is 1.29. The molecule has 5 nitrogen and oxygen atoms in total. The van der Waals surface area contributed by atoms with E-state index in [1.165, 1.54) is 5.56 Å². The van der Waals surface area contributed by atoms with Gasteiger partial charge in [-0.25, -0.2) is 0 Å². The molecule has 0 N–H and O–H groups in total. The van der Waals surface area contributed by atoms with Crippen LogP contribution in [0, 0.1) is 12.8 Å². The Morgan fingerprint density at radius 2 is 2.26 bits per heavy atom. The van der Waals surface area contributed by atoms with E-state index in [9.17, 15) is 4.79 Å². The van der Waals surface area contributed by atoms with E-state index in [1.807, 2.05) is 30.1 Å². The molecule has 1 aromatic heterocycles. The third-order valence-corrected chi connectivity index (χ3v) is 4.21. The maximum atomic E-state index is 12.5. The van der Waals surface area contributed by atoms with Gasteiger partial charge in [0.05, 0.1) is 6.61 Å². The number of hydrogen-bond acceptors (Lipinski definition) is 3. The summed E-state index contributed by atoms with van der Waals surface area (Å²) >= 11 is 0. The number of likely N-dealkylation sites (tertiary alicyclic amines) is 1. The maximum absolute atomic E-state index is 12.5. The van der Waals surface area contributed by atoms with Crippen molar-refractivity contribution in [2.45, 2.75) is 19.8 Å². The number of amides is 1. The number of benzene rings is 1. The van der Waals surface area contributed by atoms with Gasteiger partial charge in [0.2, 0.25) is 0 Å². The lowest BCUT2D eigenvalue weighted by molar-refractivity contribution is 0.0627. The lowest BCUT2D eigenvalue weighted by atomic mass is 9.98. The molecular weight excluding hydrogens is 290 g/mol. The highest BCUT2D eigenvalue weighted by molar-refractivity contribution is 5.92. The van der Waals surface area contributed by atoms with Gasteiger partial charge in [0.15, 0.2) is 0 Å². The SMILES string of the molecule is Cc1cccc(OC[C@@H]2CCCN(C(=O)c3ccn(C)n3)C2)c1. The van der Waals surface area contributed by atoms with Gasteiger partial charge in [-0.2, -0.15) is 5.10 Å². The molecule has 0 radical (unpaired) electrons. The molecule has 3 rings (SSSR count). The molecule has 0 aliphatic carbocycles. The minimum absolute atomic E-state index is 0.0193. The Kier molecular flexibility index (Phi) is 4.65. The minimum Gasteiger partial charge on any atom is -0.493 e. The molecule has 1 amide bonds. The third kappa shape index (κ3) is 3.92. The number of rotatable bonds is 4. The fraction of sp³-hybridized carbons (Fsp3) is 0.444. The maximum Gasteiger partial charge on any atom is 0.274 e. The highest BCUT2D eigenvalue weighted by atomic mass is 16.5. The molecule has 0 spiro atoms. The van der Waals surface area contributed by atoms with Crippen LogP contribution in [0.2, 0.25) is 0 Å². The second kappa shape index (κ2) is 6.86. The quantitative estimate of drug-likeness (QED) is 0.872. The number of nitrogens with zero attached hydrogens (tertiary/aromatic N) is 3. The molecule has 1 atom stereocenters. The standard InChI is InChI=1S/C18H23N3O2/c1-14-5-3-7-16(11-14)23-13-15-6-4-9-21(12-15)18(22)17-8-10-20(2)19-17/h3,5,7-8,10-11,15H,4,6,9,12-13H2,1-2H3/t15-/m1/s1. The predicted molar refractivity (Wildman–Crippen MR) is 88.5 cm³/mol. The zero-order valence-corrected chi connectivity index (χ0v) is 13.7. The molecule has 0 unspecified atom stereocenters. The Morgan fingerprint density at radius 3 is 3.00 bits per heavy atom. The lowest BCUT2D eigenvalue weighted by Gasteiger charge is -2.32.